The van der Waals surface area contributed by atoms with E-state index in [-0.39, 0.29) is 5.91 Å². The molecular formula is C13H17N5O. The van der Waals surface area contributed by atoms with Gasteiger partial charge in [-0.25, -0.2) is 4.68 Å². The zero-order chi connectivity index (χ0) is 13.7. The topological polar surface area (TPSA) is 72.7 Å². The average molecular weight is 259 g/mol. The van der Waals surface area contributed by atoms with Crippen molar-refractivity contribution in [2.45, 2.75) is 33.1 Å². The van der Waals surface area contributed by atoms with Gasteiger partial charge < -0.3 is 5.32 Å². The van der Waals surface area contributed by atoms with Crippen molar-refractivity contribution in [2.24, 2.45) is 0 Å². The van der Waals surface area contributed by atoms with Crippen LogP contribution < -0.4 is 5.32 Å². The third-order valence-corrected chi connectivity index (χ3v) is 2.85. The molecule has 100 valence electrons. The Morgan fingerprint density at radius 3 is 2.95 bits per heavy atom. The lowest BCUT2D eigenvalue weighted by molar-refractivity contribution is -0.116. The van der Waals surface area contributed by atoms with E-state index in [1.807, 2.05) is 25.1 Å². The minimum Gasteiger partial charge on any atom is -0.326 e. The van der Waals surface area contributed by atoms with Crippen LogP contribution in [0, 0.1) is 6.92 Å². The number of hydrogen-bond donors (Lipinski definition) is 1. The molecule has 0 aliphatic carbocycles. The average Bonchev–Trinajstić information content (AvgIpc) is 2.92. The number of anilines is 1. The molecule has 1 aromatic carbocycles. The quantitative estimate of drug-likeness (QED) is 0.892. The van der Waals surface area contributed by atoms with Crippen LogP contribution >= 0.6 is 0 Å². The van der Waals surface area contributed by atoms with Gasteiger partial charge in [0.15, 0.2) is 0 Å². The molecule has 0 fully saturated rings. The molecule has 6 heteroatoms. The maximum atomic E-state index is 11.7. The van der Waals surface area contributed by atoms with E-state index >= 15 is 0 Å². The van der Waals surface area contributed by atoms with Gasteiger partial charge in [-0.1, -0.05) is 19.4 Å². The van der Waals surface area contributed by atoms with Crippen LogP contribution in [0.5, 0.6) is 0 Å². The summed E-state index contributed by atoms with van der Waals surface area (Å²) >= 11 is 0. The highest BCUT2D eigenvalue weighted by atomic mass is 16.1. The molecule has 6 nitrogen and oxygen atoms in total. The molecule has 0 atom stereocenters. The van der Waals surface area contributed by atoms with Gasteiger partial charge in [0.1, 0.15) is 6.33 Å². The zero-order valence-corrected chi connectivity index (χ0v) is 11.1. The number of tetrazole rings is 1. The van der Waals surface area contributed by atoms with Crippen molar-refractivity contribution in [3.63, 3.8) is 0 Å². The second-order valence-corrected chi connectivity index (χ2v) is 4.41. The van der Waals surface area contributed by atoms with E-state index in [4.69, 9.17) is 0 Å². The monoisotopic (exact) mass is 259 g/mol. The van der Waals surface area contributed by atoms with E-state index < -0.39 is 0 Å². The SMILES string of the molecule is CCCCC(=O)Nc1ccc(C)c(-n2cnnn2)c1. The fraction of sp³-hybridized carbons (Fsp3) is 0.385. The van der Waals surface area contributed by atoms with E-state index in [0.717, 1.165) is 29.8 Å². The van der Waals surface area contributed by atoms with Crippen molar-refractivity contribution in [1.29, 1.82) is 0 Å². The van der Waals surface area contributed by atoms with Gasteiger partial charge in [-0.05, 0) is 41.5 Å². The first kappa shape index (κ1) is 13.2. The van der Waals surface area contributed by atoms with Crippen molar-refractivity contribution >= 4 is 11.6 Å². The largest absolute Gasteiger partial charge is 0.326 e. The number of hydrogen-bond acceptors (Lipinski definition) is 4. The number of rotatable bonds is 5. The summed E-state index contributed by atoms with van der Waals surface area (Å²) in [6.45, 7) is 4.04. The number of nitrogens with one attached hydrogen (secondary N) is 1. The van der Waals surface area contributed by atoms with Crippen molar-refractivity contribution in [3.8, 4) is 5.69 Å². The molecule has 0 bridgehead atoms. The number of nitrogens with zero attached hydrogens (tertiary/aromatic N) is 4. The standard InChI is InChI=1S/C13H17N5O/c1-3-4-5-13(19)15-11-7-6-10(2)12(8-11)18-9-14-16-17-18/h6-9H,3-5H2,1-2H3,(H,15,19). The molecule has 0 saturated carbocycles. The van der Waals surface area contributed by atoms with Gasteiger partial charge in [-0.2, -0.15) is 0 Å². The summed E-state index contributed by atoms with van der Waals surface area (Å²) in [6.07, 6.45) is 3.99. The van der Waals surface area contributed by atoms with Crippen LogP contribution in [0.15, 0.2) is 24.5 Å². The molecule has 0 aliphatic heterocycles. The molecule has 1 aromatic heterocycles. The van der Waals surface area contributed by atoms with Crippen LogP contribution in [-0.2, 0) is 4.79 Å². The van der Waals surface area contributed by atoms with Crippen LogP contribution in [0.1, 0.15) is 31.7 Å². The zero-order valence-electron chi connectivity index (χ0n) is 11.1. The van der Waals surface area contributed by atoms with E-state index in [2.05, 4.69) is 27.8 Å². The summed E-state index contributed by atoms with van der Waals surface area (Å²) in [5.41, 5.74) is 2.66. The highest BCUT2D eigenvalue weighted by molar-refractivity contribution is 5.91. The molecule has 2 rings (SSSR count). The molecule has 1 heterocycles. The Balaban J connectivity index is 2.15. The highest BCUT2D eigenvalue weighted by Crippen LogP contribution is 2.18. The second kappa shape index (κ2) is 6.08. The molecule has 19 heavy (non-hydrogen) atoms. The molecule has 1 N–H and O–H groups in total. The van der Waals surface area contributed by atoms with E-state index in [0.29, 0.717) is 6.42 Å². The normalized spacial score (nSPS) is 10.4. The lowest BCUT2D eigenvalue weighted by atomic mass is 10.1. The molecular weight excluding hydrogens is 242 g/mol. The van der Waals surface area contributed by atoms with Gasteiger partial charge in [-0.3, -0.25) is 4.79 Å². The molecule has 0 aliphatic rings. The van der Waals surface area contributed by atoms with E-state index in [1.165, 1.54) is 6.33 Å². The van der Waals surface area contributed by atoms with Crippen molar-refractivity contribution in [1.82, 2.24) is 20.2 Å². The third-order valence-electron chi connectivity index (χ3n) is 2.85. The minimum absolute atomic E-state index is 0.0355. The minimum atomic E-state index is 0.0355. The van der Waals surface area contributed by atoms with Crippen molar-refractivity contribution < 1.29 is 4.79 Å². The van der Waals surface area contributed by atoms with Gasteiger partial charge in [0.25, 0.3) is 0 Å². The molecule has 0 radical (unpaired) electrons. The number of unbranched alkanes of at least 4 members (excludes halogenated alkanes) is 1. The fourth-order valence-electron chi connectivity index (χ4n) is 1.77. The van der Waals surface area contributed by atoms with Crippen molar-refractivity contribution in [2.75, 3.05) is 5.32 Å². The molecule has 0 unspecified atom stereocenters. The molecule has 2 aromatic rings. The number of benzene rings is 1. The van der Waals surface area contributed by atoms with Gasteiger partial charge in [0.05, 0.1) is 5.69 Å². The Hall–Kier alpha value is -2.24. The first-order chi connectivity index (χ1) is 9.20. The Kier molecular flexibility index (Phi) is 4.22. The lowest BCUT2D eigenvalue weighted by Gasteiger charge is -2.09. The molecule has 1 amide bonds. The van der Waals surface area contributed by atoms with Crippen LogP contribution in [0.4, 0.5) is 5.69 Å². The number of aromatic nitrogens is 4. The van der Waals surface area contributed by atoms with E-state index in [1.54, 1.807) is 4.68 Å². The Bertz CT molecular complexity index is 550. The lowest BCUT2D eigenvalue weighted by Crippen LogP contribution is -2.11. The second-order valence-electron chi connectivity index (χ2n) is 4.41. The summed E-state index contributed by atoms with van der Waals surface area (Å²) in [6, 6.07) is 5.69. The van der Waals surface area contributed by atoms with Crippen LogP contribution in [0.25, 0.3) is 5.69 Å². The fourth-order valence-corrected chi connectivity index (χ4v) is 1.77. The number of carbonyl (C=O) groups is 1. The number of amides is 1. The first-order valence-electron chi connectivity index (χ1n) is 6.34. The summed E-state index contributed by atoms with van der Waals surface area (Å²) in [7, 11) is 0. The van der Waals surface area contributed by atoms with Gasteiger partial charge in [0.2, 0.25) is 5.91 Å². The van der Waals surface area contributed by atoms with E-state index in [9.17, 15) is 4.79 Å². The van der Waals surface area contributed by atoms with Crippen molar-refractivity contribution in [3.05, 3.63) is 30.1 Å². The van der Waals surface area contributed by atoms with Gasteiger partial charge in [-0.15, -0.1) is 5.10 Å². The summed E-state index contributed by atoms with van der Waals surface area (Å²) in [4.78, 5) is 11.7. The smallest absolute Gasteiger partial charge is 0.224 e. The van der Waals surface area contributed by atoms with Crippen LogP contribution in [0.3, 0.4) is 0 Å². The van der Waals surface area contributed by atoms with Crippen LogP contribution in [-0.4, -0.2) is 26.1 Å². The predicted molar refractivity (Wildman–Crippen MR) is 72.0 cm³/mol. The number of aryl methyl sites for hydroxylation is 1. The first-order valence-corrected chi connectivity index (χ1v) is 6.34. The summed E-state index contributed by atoms with van der Waals surface area (Å²) < 4.78 is 1.58. The summed E-state index contributed by atoms with van der Waals surface area (Å²) in [5, 5.41) is 14.0. The third kappa shape index (κ3) is 3.37. The van der Waals surface area contributed by atoms with Gasteiger partial charge >= 0.3 is 0 Å². The Labute approximate surface area is 111 Å². The maximum Gasteiger partial charge on any atom is 0.224 e. The highest BCUT2D eigenvalue weighted by Gasteiger charge is 2.06. The van der Waals surface area contributed by atoms with Crippen LogP contribution in [0.2, 0.25) is 0 Å². The number of carbonyl (C=O) groups excluding carboxylic acids is 1. The Morgan fingerprint density at radius 1 is 1.42 bits per heavy atom. The molecule has 0 saturated heterocycles. The summed E-state index contributed by atoms with van der Waals surface area (Å²) in [5.74, 6) is 0.0355. The molecule has 0 spiro atoms. The maximum absolute atomic E-state index is 11.7. The predicted octanol–water partition coefficient (Wildman–Crippen LogP) is 2.10. The Morgan fingerprint density at radius 2 is 2.26 bits per heavy atom. The van der Waals surface area contributed by atoms with Gasteiger partial charge in [0, 0.05) is 12.1 Å².